The molecule has 0 saturated heterocycles. The molecule has 0 unspecified atom stereocenters. The van der Waals surface area contributed by atoms with Gasteiger partial charge in [0.1, 0.15) is 17.4 Å². The molecule has 0 aliphatic carbocycles. The molecule has 3 heterocycles. The third-order valence-electron chi connectivity index (χ3n) is 6.22. The van der Waals surface area contributed by atoms with Crippen LogP contribution in [0.2, 0.25) is 0 Å². The summed E-state index contributed by atoms with van der Waals surface area (Å²) < 4.78 is 8.10. The number of aromatic nitrogens is 1. The molecule has 5 rings (SSSR count). The average molecular weight is 435 g/mol. The van der Waals surface area contributed by atoms with Gasteiger partial charge in [-0.05, 0) is 47.9 Å². The lowest BCUT2D eigenvalue weighted by Crippen LogP contribution is -2.42. The lowest BCUT2D eigenvalue weighted by molar-refractivity contribution is -0.140. The summed E-state index contributed by atoms with van der Waals surface area (Å²) in [4.78, 5) is 26.3. The number of aryl methyl sites for hydroxylation is 1. The maximum atomic E-state index is 12.9. The normalized spacial score (nSPS) is 15.8. The lowest BCUT2D eigenvalue weighted by Gasteiger charge is -2.25. The van der Waals surface area contributed by atoms with E-state index in [4.69, 9.17) is 4.42 Å². The highest BCUT2D eigenvalue weighted by atomic mass is 16.3. The predicted molar refractivity (Wildman–Crippen MR) is 127 cm³/mol. The molecule has 0 atom stereocenters. The van der Waals surface area contributed by atoms with Crippen molar-refractivity contribution < 1.29 is 14.0 Å². The quantitative estimate of drug-likeness (QED) is 0.327. The Labute approximate surface area is 190 Å². The van der Waals surface area contributed by atoms with Crippen molar-refractivity contribution >= 4 is 39.8 Å². The van der Waals surface area contributed by atoms with Crippen molar-refractivity contribution in [1.82, 2.24) is 9.47 Å². The molecule has 2 amide bonds. The van der Waals surface area contributed by atoms with E-state index >= 15 is 0 Å². The van der Waals surface area contributed by atoms with Gasteiger partial charge in [-0.3, -0.25) is 14.5 Å². The van der Waals surface area contributed by atoms with Gasteiger partial charge in [0.2, 0.25) is 0 Å². The predicted octanol–water partition coefficient (Wildman–Crippen LogP) is 5.20. The fraction of sp³-hybridized carbons (Fsp3) is 0.148. The molecule has 4 aromatic rings. The molecule has 0 radical (unpaired) electrons. The van der Waals surface area contributed by atoms with Crippen LogP contribution in [0.5, 0.6) is 0 Å². The second kappa shape index (κ2) is 7.64. The van der Waals surface area contributed by atoms with Gasteiger partial charge in [-0.2, -0.15) is 5.26 Å². The molecule has 0 spiro atoms. The van der Waals surface area contributed by atoms with Gasteiger partial charge in [0, 0.05) is 31.3 Å². The van der Waals surface area contributed by atoms with Crippen molar-refractivity contribution in [3.8, 4) is 17.3 Å². The van der Waals surface area contributed by atoms with Crippen LogP contribution in [0.25, 0.3) is 39.2 Å². The number of imide groups is 1. The first-order valence-electron chi connectivity index (χ1n) is 10.7. The van der Waals surface area contributed by atoms with E-state index in [1.807, 2.05) is 37.4 Å². The van der Waals surface area contributed by atoms with Crippen LogP contribution in [0.1, 0.15) is 19.6 Å². The number of likely N-dealkylation sites (N-methyl/N-ethyl adjacent to an activating group) is 1. The van der Waals surface area contributed by atoms with Crippen LogP contribution in [0.3, 0.4) is 0 Å². The smallest absolute Gasteiger partial charge is 0.271 e. The Morgan fingerprint density at radius 1 is 1.03 bits per heavy atom. The summed E-state index contributed by atoms with van der Waals surface area (Å²) in [5.41, 5.74) is 4.33. The van der Waals surface area contributed by atoms with Crippen LogP contribution < -0.4 is 0 Å². The number of amides is 2. The largest absolute Gasteiger partial charge is 0.455 e. The van der Waals surface area contributed by atoms with Crippen molar-refractivity contribution in [2.24, 2.45) is 7.05 Å². The van der Waals surface area contributed by atoms with E-state index < -0.39 is 11.8 Å². The number of carbonyl (C=O) groups excluding carboxylic acids is 2. The standard InChI is InChI=1S/C27H21N3O3/c1-4-30-26(31)21(16(2)22(15-28)27(30)32)12-20-13-24-25(33-20)14-23(29(24)3)19-10-9-17-7-5-6-8-18(17)11-19/h5-14H,4H2,1-3H3/b21-12-. The molecule has 162 valence electrons. The molecule has 1 aliphatic heterocycles. The van der Waals surface area contributed by atoms with Crippen LogP contribution in [0, 0.1) is 11.3 Å². The first-order valence-corrected chi connectivity index (χ1v) is 10.7. The van der Waals surface area contributed by atoms with E-state index in [2.05, 4.69) is 34.9 Å². The zero-order valence-electron chi connectivity index (χ0n) is 18.5. The minimum absolute atomic E-state index is 0.0163. The summed E-state index contributed by atoms with van der Waals surface area (Å²) >= 11 is 0. The molecule has 2 aromatic heterocycles. The summed E-state index contributed by atoms with van der Waals surface area (Å²) in [5, 5.41) is 11.8. The van der Waals surface area contributed by atoms with E-state index in [0.717, 1.165) is 21.7 Å². The molecule has 6 heteroatoms. The highest BCUT2D eigenvalue weighted by molar-refractivity contribution is 6.19. The SMILES string of the molecule is CCN1C(=O)C(C#N)=C(C)/C(=C/c2cc3c(cc(-c4ccc5ccccc5c4)n3C)o2)C1=O. The minimum atomic E-state index is -0.552. The molecule has 6 nitrogen and oxygen atoms in total. The van der Waals surface area contributed by atoms with Gasteiger partial charge in [-0.1, -0.05) is 36.4 Å². The molecular weight excluding hydrogens is 414 g/mol. The number of hydrogen-bond acceptors (Lipinski definition) is 4. The number of hydrogen-bond donors (Lipinski definition) is 0. The third kappa shape index (κ3) is 3.17. The summed E-state index contributed by atoms with van der Waals surface area (Å²) in [6.45, 7) is 3.52. The molecule has 0 bridgehead atoms. The molecule has 2 aromatic carbocycles. The van der Waals surface area contributed by atoms with Gasteiger partial charge in [0.25, 0.3) is 11.8 Å². The Bertz CT molecular complexity index is 1570. The van der Waals surface area contributed by atoms with Crippen molar-refractivity contribution in [3.05, 3.63) is 77.1 Å². The van der Waals surface area contributed by atoms with Gasteiger partial charge in [-0.25, -0.2) is 0 Å². The summed E-state index contributed by atoms with van der Waals surface area (Å²) in [6, 6.07) is 20.4. The number of furan rings is 1. The van der Waals surface area contributed by atoms with Crippen molar-refractivity contribution in [2.75, 3.05) is 6.54 Å². The van der Waals surface area contributed by atoms with E-state index in [-0.39, 0.29) is 12.1 Å². The number of nitriles is 1. The molecular formula is C27H21N3O3. The fourth-order valence-corrected chi connectivity index (χ4v) is 4.39. The number of fused-ring (bicyclic) bond motifs is 2. The lowest BCUT2D eigenvalue weighted by atomic mass is 9.95. The van der Waals surface area contributed by atoms with Gasteiger partial charge in [0.15, 0.2) is 5.58 Å². The molecule has 0 fully saturated rings. The third-order valence-corrected chi connectivity index (χ3v) is 6.22. The second-order valence-corrected chi connectivity index (χ2v) is 8.07. The van der Waals surface area contributed by atoms with Gasteiger partial charge in [-0.15, -0.1) is 0 Å². The van der Waals surface area contributed by atoms with Gasteiger partial charge >= 0.3 is 0 Å². The number of nitrogens with zero attached hydrogens (tertiary/aromatic N) is 3. The number of carbonyl (C=O) groups is 2. The highest BCUT2D eigenvalue weighted by Gasteiger charge is 2.34. The van der Waals surface area contributed by atoms with E-state index in [0.29, 0.717) is 22.5 Å². The van der Waals surface area contributed by atoms with E-state index in [9.17, 15) is 14.9 Å². The highest BCUT2D eigenvalue weighted by Crippen LogP contribution is 2.33. The Balaban J connectivity index is 1.58. The van der Waals surface area contributed by atoms with Crippen LogP contribution >= 0.6 is 0 Å². The first-order chi connectivity index (χ1) is 15.9. The molecule has 33 heavy (non-hydrogen) atoms. The summed E-state index contributed by atoms with van der Waals surface area (Å²) in [5.74, 6) is -0.480. The number of benzene rings is 2. The van der Waals surface area contributed by atoms with Crippen molar-refractivity contribution in [1.29, 1.82) is 5.26 Å². The Hall–Kier alpha value is -4.37. The van der Waals surface area contributed by atoms with E-state index in [1.165, 1.54) is 10.8 Å². The second-order valence-electron chi connectivity index (χ2n) is 8.07. The van der Waals surface area contributed by atoms with E-state index in [1.54, 1.807) is 19.9 Å². The van der Waals surface area contributed by atoms with Crippen molar-refractivity contribution in [2.45, 2.75) is 13.8 Å². The van der Waals surface area contributed by atoms with Crippen LogP contribution in [-0.2, 0) is 16.6 Å². The Morgan fingerprint density at radius 2 is 1.79 bits per heavy atom. The van der Waals surface area contributed by atoms with Crippen molar-refractivity contribution in [3.63, 3.8) is 0 Å². The summed E-state index contributed by atoms with van der Waals surface area (Å²) in [6.07, 6.45) is 1.61. The monoisotopic (exact) mass is 435 g/mol. The minimum Gasteiger partial charge on any atom is -0.455 e. The number of rotatable bonds is 3. The molecule has 1 aliphatic rings. The average Bonchev–Trinajstić information content (AvgIpc) is 3.35. The van der Waals surface area contributed by atoms with Crippen LogP contribution in [0.15, 0.2) is 75.7 Å². The zero-order chi connectivity index (χ0) is 23.3. The summed E-state index contributed by atoms with van der Waals surface area (Å²) in [7, 11) is 1.97. The van der Waals surface area contributed by atoms with Gasteiger partial charge in [0.05, 0.1) is 11.2 Å². The first kappa shape index (κ1) is 20.5. The maximum Gasteiger partial charge on any atom is 0.271 e. The Kier molecular flexibility index (Phi) is 4.75. The van der Waals surface area contributed by atoms with Gasteiger partial charge < -0.3 is 8.98 Å². The fourth-order valence-electron chi connectivity index (χ4n) is 4.39. The molecule has 0 N–H and O–H groups in total. The van der Waals surface area contributed by atoms with Crippen LogP contribution in [-0.4, -0.2) is 27.8 Å². The Morgan fingerprint density at radius 3 is 2.48 bits per heavy atom. The molecule has 0 saturated carbocycles. The topological polar surface area (TPSA) is 79.2 Å². The zero-order valence-corrected chi connectivity index (χ0v) is 18.5. The maximum absolute atomic E-state index is 12.9. The van der Waals surface area contributed by atoms with Crippen LogP contribution in [0.4, 0.5) is 0 Å².